The normalized spacial score (nSPS) is 11.7. The molecule has 0 radical (unpaired) electrons. The third-order valence-electron chi connectivity index (χ3n) is 4.05. The predicted molar refractivity (Wildman–Crippen MR) is 89.1 cm³/mol. The summed E-state index contributed by atoms with van der Waals surface area (Å²) >= 11 is 0. The molecule has 0 unspecified atom stereocenters. The van der Waals surface area contributed by atoms with Gasteiger partial charge in [0.2, 0.25) is 0 Å². The third-order valence-corrected chi connectivity index (χ3v) is 4.05. The van der Waals surface area contributed by atoms with E-state index in [0.29, 0.717) is 35.8 Å². The largest absolute Gasteiger partial charge is 0.481 e. The maximum Gasteiger partial charge on any atom is 0.416 e. The second-order valence-corrected chi connectivity index (χ2v) is 6.06. The third kappa shape index (κ3) is 4.58. The van der Waals surface area contributed by atoms with Crippen molar-refractivity contribution in [3.8, 4) is 11.3 Å². The van der Waals surface area contributed by atoms with E-state index in [1.807, 2.05) is 0 Å². The van der Waals surface area contributed by atoms with E-state index in [-0.39, 0.29) is 12.2 Å². The quantitative estimate of drug-likeness (QED) is 0.673. The summed E-state index contributed by atoms with van der Waals surface area (Å²) in [6.45, 7) is 1.77. The number of benzene rings is 1. The highest BCUT2D eigenvalue weighted by Gasteiger charge is 2.30. The average Bonchev–Trinajstić information content (AvgIpc) is 3.18. The van der Waals surface area contributed by atoms with Crippen molar-refractivity contribution < 1.29 is 31.9 Å². The summed E-state index contributed by atoms with van der Waals surface area (Å²) in [7, 11) is 0. The molecule has 2 heterocycles. The van der Waals surface area contributed by atoms with Crippen molar-refractivity contribution in [1.29, 1.82) is 0 Å². The highest BCUT2D eigenvalue weighted by atomic mass is 19.4. The van der Waals surface area contributed by atoms with Crippen LogP contribution in [0, 0.1) is 6.92 Å². The Morgan fingerprint density at radius 3 is 2.48 bits per heavy atom. The molecule has 0 saturated heterocycles. The molecule has 2 aromatic heterocycles. The van der Waals surface area contributed by atoms with Gasteiger partial charge in [-0.15, -0.1) is 0 Å². The number of carboxylic acids is 1. The summed E-state index contributed by atoms with van der Waals surface area (Å²) < 4.78 is 49.0. The zero-order chi connectivity index (χ0) is 19.6. The summed E-state index contributed by atoms with van der Waals surface area (Å²) in [5.41, 5.74) is 0.718. The first-order chi connectivity index (χ1) is 12.7. The van der Waals surface area contributed by atoms with Crippen LogP contribution in [0.25, 0.3) is 11.3 Å². The van der Waals surface area contributed by atoms with Gasteiger partial charge in [0.1, 0.15) is 23.7 Å². The second-order valence-electron chi connectivity index (χ2n) is 6.06. The van der Waals surface area contributed by atoms with E-state index in [4.69, 9.17) is 13.9 Å². The molecule has 142 valence electrons. The molecule has 0 spiro atoms. The van der Waals surface area contributed by atoms with Gasteiger partial charge in [-0.05, 0) is 37.1 Å². The van der Waals surface area contributed by atoms with Crippen molar-refractivity contribution in [2.24, 2.45) is 0 Å². The van der Waals surface area contributed by atoms with Gasteiger partial charge in [0.05, 0.1) is 11.8 Å². The summed E-state index contributed by atoms with van der Waals surface area (Å²) in [4.78, 5) is 14.7. The van der Waals surface area contributed by atoms with Crippen LogP contribution >= 0.6 is 0 Å². The predicted octanol–water partition coefficient (Wildman–Crippen LogP) is 4.67. The van der Waals surface area contributed by atoms with Crippen LogP contribution in [-0.2, 0) is 30.2 Å². The van der Waals surface area contributed by atoms with Gasteiger partial charge in [-0.3, -0.25) is 4.79 Å². The van der Waals surface area contributed by atoms with E-state index in [9.17, 15) is 18.0 Å². The Kier molecular flexibility index (Phi) is 5.07. The Bertz CT molecular complexity index is 939. The number of rotatable bonds is 6. The number of furan rings is 1. The summed E-state index contributed by atoms with van der Waals surface area (Å²) in [6, 6.07) is 6.56. The molecule has 27 heavy (non-hydrogen) atoms. The van der Waals surface area contributed by atoms with Gasteiger partial charge in [-0.2, -0.15) is 13.2 Å². The smallest absolute Gasteiger partial charge is 0.416 e. The Hall–Kier alpha value is -3.03. The number of hydrogen-bond acceptors (Lipinski definition) is 4. The molecule has 0 bridgehead atoms. The first kappa shape index (κ1) is 18.8. The van der Waals surface area contributed by atoms with E-state index in [1.54, 1.807) is 13.0 Å². The monoisotopic (exact) mass is 379 g/mol. The van der Waals surface area contributed by atoms with Crippen molar-refractivity contribution in [2.75, 3.05) is 0 Å². The minimum absolute atomic E-state index is 0.226. The number of aliphatic carboxylic acids is 1. The van der Waals surface area contributed by atoms with Crippen molar-refractivity contribution in [3.63, 3.8) is 0 Å². The molecule has 1 aromatic carbocycles. The highest BCUT2D eigenvalue weighted by molar-refractivity contribution is 5.69. The van der Waals surface area contributed by atoms with Crippen LogP contribution < -0.4 is 0 Å². The van der Waals surface area contributed by atoms with Crippen LogP contribution in [0.2, 0.25) is 0 Å². The molecule has 0 aliphatic heterocycles. The van der Waals surface area contributed by atoms with E-state index >= 15 is 0 Å². The molecule has 8 heteroatoms. The van der Waals surface area contributed by atoms with Gasteiger partial charge in [0, 0.05) is 12.0 Å². The molecule has 5 nitrogen and oxygen atoms in total. The van der Waals surface area contributed by atoms with Gasteiger partial charge in [0.25, 0.3) is 0 Å². The molecule has 0 amide bonds. The standard InChI is InChI=1S/C19H16F3NO4/c1-11-13(4-7-17-23-10-15(27-17)9-18(24)25)8-16(26-11)12-2-5-14(6-3-12)19(20,21)22/h2-3,5-6,8,10H,4,7,9H2,1H3,(H,24,25). The number of aromatic nitrogens is 1. The molecule has 0 atom stereocenters. The second kappa shape index (κ2) is 7.30. The molecule has 3 aromatic rings. The minimum Gasteiger partial charge on any atom is -0.481 e. The van der Waals surface area contributed by atoms with Crippen LogP contribution in [-0.4, -0.2) is 16.1 Å². The molecule has 0 saturated carbocycles. The molecular formula is C19H16F3NO4. The van der Waals surface area contributed by atoms with Crippen molar-refractivity contribution >= 4 is 5.97 Å². The summed E-state index contributed by atoms with van der Waals surface area (Å²) in [6.07, 6.45) is -2.22. The first-order valence-corrected chi connectivity index (χ1v) is 8.14. The fraction of sp³-hybridized carbons (Fsp3) is 0.263. The fourth-order valence-electron chi connectivity index (χ4n) is 2.67. The average molecular weight is 379 g/mol. The molecule has 1 N–H and O–H groups in total. The minimum atomic E-state index is -4.38. The van der Waals surface area contributed by atoms with E-state index in [2.05, 4.69) is 4.98 Å². The molecule has 0 aliphatic carbocycles. The number of halogens is 3. The number of oxazole rings is 1. The van der Waals surface area contributed by atoms with Crippen LogP contribution in [0.5, 0.6) is 0 Å². The zero-order valence-electron chi connectivity index (χ0n) is 14.3. The number of carbonyl (C=O) groups is 1. The Labute approximate surface area is 152 Å². The van der Waals surface area contributed by atoms with Gasteiger partial charge >= 0.3 is 12.1 Å². The number of aryl methyl sites for hydroxylation is 3. The lowest BCUT2D eigenvalue weighted by Gasteiger charge is -2.06. The molecule has 0 fully saturated rings. The van der Waals surface area contributed by atoms with Crippen molar-refractivity contribution in [3.05, 3.63) is 65.1 Å². The number of hydrogen-bond donors (Lipinski definition) is 1. The van der Waals surface area contributed by atoms with Crippen LogP contribution in [0.15, 0.2) is 45.4 Å². The Morgan fingerprint density at radius 1 is 1.15 bits per heavy atom. The Balaban J connectivity index is 1.69. The van der Waals surface area contributed by atoms with Crippen LogP contribution in [0.3, 0.4) is 0 Å². The summed E-state index contributed by atoms with van der Waals surface area (Å²) in [5, 5.41) is 8.73. The lowest BCUT2D eigenvalue weighted by Crippen LogP contribution is -2.03. The van der Waals surface area contributed by atoms with Gasteiger partial charge < -0.3 is 13.9 Å². The molecule has 0 aliphatic rings. The van der Waals surface area contributed by atoms with Crippen LogP contribution in [0.1, 0.15) is 28.5 Å². The van der Waals surface area contributed by atoms with Gasteiger partial charge in [-0.1, -0.05) is 12.1 Å². The van der Waals surface area contributed by atoms with Crippen molar-refractivity contribution in [1.82, 2.24) is 4.98 Å². The van der Waals surface area contributed by atoms with Crippen LogP contribution in [0.4, 0.5) is 13.2 Å². The van der Waals surface area contributed by atoms with Crippen molar-refractivity contribution in [2.45, 2.75) is 32.4 Å². The first-order valence-electron chi connectivity index (χ1n) is 8.14. The molecular weight excluding hydrogens is 363 g/mol. The number of carboxylic acid groups (broad SMARTS) is 1. The van der Waals surface area contributed by atoms with E-state index in [1.165, 1.54) is 18.3 Å². The number of nitrogens with zero attached hydrogens (tertiary/aromatic N) is 1. The lowest BCUT2D eigenvalue weighted by atomic mass is 10.1. The SMILES string of the molecule is Cc1oc(-c2ccc(C(F)(F)F)cc2)cc1CCc1ncc(CC(=O)O)o1. The lowest BCUT2D eigenvalue weighted by molar-refractivity contribution is -0.138. The van der Waals surface area contributed by atoms with Gasteiger partial charge in [0.15, 0.2) is 5.89 Å². The maximum absolute atomic E-state index is 12.7. The zero-order valence-corrected chi connectivity index (χ0v) is 14.3. The van der Waals surface area contributed by atoms with E-state index in [0.717, 1.165) is 17.7 Å². The number of alkyl halides is 3. The topological polar surface area (TPSA) is 76.5 Å². The molecule has 3 rings (SSSR count). The summed E-state index contributed by atoms with van der Waals surface area (Å²) in [5.74, 6) is 0.844. The highest BCUT2D eigenvalue weighted by Crippen LogP contribution is 2.32. The van der Waals surface area contributed by atoms with E-state index < -0.39 is 17.7 Å². The Morgan fingerprint density at radius 2 is 1.85 bits per heavy atom. The van der Waals surface area contributed by atoms with Gasteiger partial charge in [-0.25, -0.2) is 4.98 Å². The fourth-order valence-corrected chi connectivity index (χ4v) is 2.67. The maximum atomic E-state index is 12.7.